The zero-order chi connectivity index (χ0) is 17.5. The molecule has 2 N–H and O–H groups in total. The van der Waals surface area contributed by atoms with Gasteiger partial charge in [-0.05, 0) is 44.8 Å². The molecule has 0 atom stereocenters. The summed E-state index contributed by atoms with van der Waals surface area (Å²) in [6.07, 6.45) is 10.1. The summed E-state index contributed by atoms with van der Waals surface area (Å²) in [6, 6.07) is 4.08. The van der Waals surface area contributed by atoms with Crippen LogP contribution in [0.3, 0.4) is 0 Å². The summed E-state index contributed by atoms with van der Waals surface area (Å²) < 4.78 is 0. The molecule has 5 heteroatoms. The second-order valence-corrected chi connectivity index (χ2v) is 7.73. The van der Waals surface area contributed by atoms with Crippen molar-refractivity contribution in [1.82, 2.24) is 15.6 Å². The van der Waals surface area contributed by atoms with Crippen LogP contribution in [0.1, 0.15) is 57.4 Å². The van der Waals surface area contributed by atoms with E-state index in [0.29, 0.717) is 6.54 Å². The topological polar surface area (TPSA) is 57.3 Å². The Morgan fingerprint density at radius 3 is 2.60 bits per heavy atom. The van der Waals surface area contributed by atoms with E-state index >= 15 is 0 Å². The highest BCUT2D eigenvalue weighted by Gasteiger charge is 2.34. The molecule has 0 aliphatic carbocycles. The van der Waals surface area contributed by atoms with Crippen LogP contribution in [0, 0.1) is 5.41 Å². The van der Waals surface area contributed by atoms with Crippen LogP contribution in [0.2, 0.25) is 0 Å². The van der Waals surface area contributed by atoms with E-state index in [2.05, 4.69) is 33.5 Å². The first-order valence-electron chi connectivity index (χ1n) is 9.87. The molecule has 25 heavy (non-hydrogen) atoms. The van der Waals surface area contributed by atoms with E-state index in [1.807, 2.05) is 12.3 Å². The second-order valence-electron chi connectivity index (χ2n) is 7.73. The van der Waals surface area contributed by atoms with Gasteiger partial charge in [0, 0.05) is 36.8 Å². The molecule has 2 fully saturated rings. The van der Waals surface area contributed by atoms with Crippen LogP contribution in [-0.2, 0) is 11.3 Å². The number of carbonyl (C=O) groups is 1. The van der Waals surface area contributed by atoms with Crippen molar-refractivity contribution >= 4 is 11.7 Å². The predicted molar refractivity (Wildman–Crippen MR) is 102 cm³/mol. The minimum Gasteiger partial charge on any atom is -0.356 e. The SMILES string of the molecule is CC1(C(=O)NCc2cccnc2N2CCCCCCC2)CCNCC1. The van der Waals surface area contributed by atoms with Gasteiger partial charge in [-0.25, -0.2) is 4.98 Å². The molecule has 138 valence electrons. The molecule has 0 unspecified atom stereocenters. The number of pyridine rings is 1. The summed E-state index contributed by atoms with van der Waals surface area (Å²) in [4.78, 5) is 19.8. The van der Waals surface area contributed by atoms with Gasteiger partial charge in [-0.15, -0.1) is 0 Å². The summed E-state index contributed by atoms with van der Waals surface area (Å²) in [6.45, 7) is 6.65. The van der Waals surface area contributed by atoms with Crippen molar-refractivity contribution in [3.05, 3.63) is 23.9 Å². The Labute approximate surface area is 151 Å². The monoisotopic (exact) mass is 344 g/mol. The Morgan fingerprint density at radius 1 is 1.20 bits per heavy atom. The summed E-state index contributed by atoms with van der Waals surface area (Å²) in [5.74, 6) is 1.23. The van der Waals surface area contributed by atoms with Crippen LogP contribution in [0.25, 0.3) is 0 Å². The van der Waals surface area contributed by atoms with E-state index in [1.165, 1.54) is 32.1 Å². The maximum Gasteiger partial charge on any atom is 0.226 e. The fourth-order valence-electron chi connectivity index (χ4n) is 3.91. The van der Waals surface area contributed by atoms with Crippen LogP contribution >= 0.6 is 0 Å². The molecule has 1 amide bonds. The van der Waals surface area contributed by atoms with Crippen molar-refractivity contribution in [3.8, 4) is 0 Å². The van der Waals surface area contributed by atoms with Gasteiger partial charge in [0.15, 0.2) is 0 Å². The number of hydrogen-bond donors (Lipinski definition) is 2. The van der Waals surface area contributed by atoms with Crippen molar-refractivity contribution < 1.29 is 4.79 Å². The van der Waals surface area contributed by atoms with E-state index in [-0.39, 0.29) is 11.3 Å². The number of nitrogens with zero attached hydrogens (tertiary/aromatic N) is 2. The van der Waals surface area contributed by atoms with E-state index in [0.717, 1.165) is 50.4 Å². The fraction of sp³-hybridized carbons (Fsp3) is 0.700. The minimum absolute atomic E-state index is 0.177. The highest BCUT2D eigenvalue weighted by molar-refractivity contribution is 5.82. The molecule has 3 rings (SSSR count). The minimum atomic E-state index is -0.242. The van der Waals surface area contributed by atoms with Gasteiger partial charge in [0.25, 0.3) is 0 Å². The molecule has 1 aromatic heterocycles. The largest absolute Gasteiger partial charge is 0.356 e. The highest BCUT2D eigenvalue weighted by atomic mass is 16.2. The van der Waals surface area contributed by atoms with E-state index in [1.54, 1.807) is 0 Å². The molecule has 2 saturated heterocycles. The van der Waals surface area contributed by atoms with E-state index in [9.17, 15) is 4.79 Å². The van der Waals surface area contributed by atoms with Gasteiger partial charge in [0.05, 0.1) is 0 Å². The third-order valence-electron chi connectivity index (χ3n) is 5.72. The van der Waals surface area contributed by atoms with Gasteiger partial charge < -0.3 is 15.5 Å². The van der Waals surface area contributed by atoms with Crippen LogP contribution in [0.15, 0.2) is 18.3 Å². The fourth-order valence-corrected chi connectivity index (χ4v) is 3.91. The Bertz CT molecular complexity index is 561. The summed E-state index contributed by atoms with van der Waals surface area (Å²) in [5.41, 5.74) is 0.891. The van der Waals surface area contributed by atoms with Gasteiger partial charge in [0.1, 0.15) is 5.82 Å². The molecule has 0 radical (unpaired) electrons. The summed E-state index contributed by atoms with van der Waals surface area (Å²) in [7, 11) is 0. The normalized spacial score (nSPS) is 21.2. The number of nitrogens with one attached hydrogen (secondary N) is 2. The average Bonchev–Trinajstić information content (AvgIpc) is 2.60. The number of piperidine rings is 1. The standard InChI is InChI=1S/C20H32N4O/c1-20(9-12-21-13-10-20)19(25)23-16-17-8-7-11-22-18(17)24-14-5-3-2-4-6-15-24/h7-8,11,21H,2-6,9-10,12-16H2,1H3,(H,23,25). The highest BCUT2D eigenvalue weighted by Crippen LogP contribution is 2.28. The molecule has 0 spiro atoms. The van der Waals surface area contributed by atoms with E-state index in [4.69, 9.17) is 0 Å². The van der Waals surface area contributed by atoms with E-state index < -0.39 is 0 Å². The Hall–Kier alpha value is -1.62. The number of hydrogen-bond acceptors (Lipinski definition) is 4. The summed E-state index contributed by atoms with van der Waals surface area (Å²) in [5, 5.41) is 6.52. The smallest absolute Gasteiger partial charge is 0.226 e. The zero-order valence-corrected chi connectivity index (χ0v) is 15.5. The first kappa shape index (κ1) is 18.2. The molecular formula is C20H32N4O. The maximum absolute atomic E-state index is 12.7. The van der Waals surface area contributed by atoms with Gasteiger partial charge in [0.2, 0.25) is 5.91 Å². The van der Waals surface area contributed by atoms with Gasteiger partial charge in [-0.2, -0.15) is 0 Å². The number of rotatable bonds is 4. The molecule has 0 saturated carbocycles. The van der Waals surface area contributed by atoms with Gasteiger partial charge in [-0.3, -0.25) is 4.79 Å². The second kappa shape index (κ2) is 8.65. The number of carbonyl (C=O) groups excluding carboxylic acids is 1. The molecular weight excluding hydrogens is 312 g/mol. The molecule has 5 nitrogen and oxygen atoms in total. The van der Waals surface area contributed by atoms with Crippen molar-refractivity contribution in [2.45, 2.75) is 58.4 Å². The van der Waals surface area contributed by atoms with Crippen LogP contribution in [0.4, 0.5) is 5.82 Å². The quantitative estimate of drug-likeness (QED) is 0.882. The lowest BCUT2D eigenvalue weighted by atomic mass is 9.80. The number of anilines is 1. The molecule has 0 aromatic carbocycles. The third-order valence-corrected chi connectivity index (χ3v) is 5.72. The lowest BCUT2D eigenvalue weighted by Gasteiger charge is -2.33. The van der Waals surface area contributed by atoms with Crippen molar-refractivity contribution in [3.63, 3.8) is 0 Å². The molecule has 0 bridgehead atoms. The lowest BCUT2D eigenvalue weighted by Crippen LogP contribution is -2.45. The predicted octanol–water partition coefficient (Wildman–Crippen LogP) is 2.86. The molecule has 2 aliphatic rings. The molecule has 2 aliphatic heterocycles. The van der Waals surface area contributed by atoms with Crippen LogP contribution in [-0.4, -0.2) is 37.1 Å². The van der Waals surface area contributed by atoms with Crippen molar-refractivity contribution in [2.75, 3.05) is 31.1 Å². The zero-order valence-electron chi connectivity index (χ0n) is 15.5. The Morgan fingerprint density at radius 2 is 1.88 bits per heavy atom. The van der Waals surface area contributed by atoms with Gasteiger partial charge >= 0.3 is 0 Å². The Balaban J connectivity index is 1.65. The third kappa shape index (κ3) is 4.72. The maximum atomic E-state index is 12.7. The van der Waals surface area contributed by atoms with Crippen LogP contribution < -0.4 is 15.5 Å². The van der Waals surface area contributed by atoms with Crippen molar-refractivity contribution in [2.24, 2.45) is 5.41 Å². The van der Waals surface area contributed by atoms with Crippen molar-refractivity contribution in [1.29, 1.82) is 0 Å². The molecule has 3 heterocycles. The summed E-state index contributed by atoms with van der Waals surface area (Å²) >= 11 is 0. The average molecular weight is 345 g/mol. The van der Waals surface area contributed by atoms with Gasteiger partial charge in [-0.1, -0.05) is 32.3 Å². The number of amides is 1. The lowest BCUT2D eigenvalue weighted by molar-refractivity contribution is -0.131. The number of aromatic nitrogens is 1. The van der Waals surface area contributed by atoms with Crippen LogP contribution in [0.5, 0.6) is 0 Å². The first-order valence-corrected chi connectivity index (χ1v) is 9.87. The molecule has 1 aromatic rings. The first-order chi connectivity index (χ1) is 12.2. The Kier molecular flexibility index (Phi) is 6.29.